The molecule has 4 rings (SSSR count). The van der Waals surface area contributed by atoms with Gasteiger partial charge in [0.2, 0.25) is 0 Å². The Bertz CT molecular complexity index is 850. The van der Waals surface area contributed by atoms with Crippen LogP contribution in [0.15, 0.2) is 48.7 Å². The first-order valence-electron chi connectivity index (χ1n) is 9.68. The molecule has 2 aromatic carbocycles. The lowest BCUT2D eigenvalue weighted by molar-refractivity contribution is 0.208. The number of likely N-dealkylation sites (tertiary alicyclic amines) is 1. The number of piperidine rings is 1. The van der Waals surface area contributed by atoms with Crippen molar-refractivity contribution in [2.75, 3.05) is 18.4 Å². The number of nitrogens with zero attached hydrogens (tertiary/aromatic N) is 2. The van der Waals surface area contributed by atoms with Gasteiger partial charge < -0.3 is 5.32 Å². The summed E-state index contributed by atoms with van der Waals surface area (Å²) in [5, 5.41) is 12.0. The van der Waals surface area contributed by atoms with Crippen molar-refractivity contribution in [2.24, 2.45) is 0 Å². The van der Waals surface area contributed by atoms with Crippen molar-refractivity contribution in [1.82, 2.24) is 15.1 Å². The van der Waals surface area contributed by atoms with E-state index in [-0.39, 0.29) is 0 Å². The Morgan fingerprint density at radius 2 is 2.04 bits per heavy atom. The first kappa shape index (κ1) is 17.1. The van der Waals surface area contributed by atoms with Crippen LogP contribution >= 0.6 is 0 Å². The lowest BCUT2D eigenvalue weighted by atomic mass is 10.0. The van der Waals surface area contributed by atoms with E-state index in [0.29, 0.717) is 12.0 Å². The van der Waals surface area contributed by atoms with Gasteiger partial charge >= 0.3 is 0 Å². The van der Waals surface area contributed by atoms with Crippen LogP contribution in [0, 0.1) is 0 Å². The molecule has 0 aliphatic carbocycles. The third kappa shape index (κ3) is 3.91. The van der Waals surface area contributed by atoms with E-state index in [1.165, 1.54) is 36.2 Å². The minimum absolute atomic E-state index is 0.503. The van der Waals surface area contributed by atoms with Crippen molar-refractivity contribution in [2.45, 2.75) is 45.2 Å². The molecule has 1 atom stereocenters. The number of H-pyrrole nitrogens is 1. The summed E-state index contributed by atoms with van der Waals surface area (Å²) in [6.45, 7) is 7.81. The van der Waals surface area contributed by atoms with Gasteiger partial charge in [-0.15, -0.1) is 0 Å². The summed E-state index contributed by atoms with van der Waals surface area (Å²) < 4.78 is 0. The summed E-state index contributed by atoms with van der Waals surface area (Å²) in [5.74, 6) is 0.597. The van der Waals surface area contributed by atoms with Crippen LogP contribution in [0.5, 0.6) is 0 Å². The van der Waals surface area contributed by atoms with Crippen LogP contribution in [0.1, 0.15) is 43.7 Å². The highest BCUT2D eigenvalue weighted by Gasteiger charge is 2.20. The Kier molecular flexibility index (Phi) is 4.93. The van der Waals surface area contributed by atoms with Gasteiger partial charge in [0.25, 0.3) is 0 Å². The number of aromatic nitrogens is 2. The van der Waals surface area contributed by atoms with Crippen molar-refractivity contribution in [3.63, 3.8) is 0 Å². The highest BCUT2D eigenvalue weighted by atomic mass is 15.2. The maximum absolute atomic E-state index is 4.10. The van der Waals surface area contributed by atoms with Gasteiger partial charge in [-0.3, -0.25) is 10.00 Å². The number of fused-ring (bicyclic) bond motifs is 1. The summed E-state index contributed by atoms with van der Waals surface area (Å²) in [6, 6.07) is 16.1. The van der Waals surface area contributed by atoms with E-state index in [1.54, 1.807) is 0 Å². The molecule has 3 aromatic rings. The third-order valence-corrected chi connectivity index (χ3v) is 5.37. The Morgan fingerprint density at radius 3 is 2.85 bits per heavy atom. The highest BCUT2D eigenvalue weighted by molar-refractivity contribution is 5.81. The van der Waals surface area contributed by atoms with Gasteiger partial charge in [0, 0.05) is 30.2 Å². The molecule has 1 saturated heterocycles. The van der Waals surface area contributed by atoms with E-state index < -0.39 is 0 Å². The first-order valence-corrected chi connectivity index (χ1v) is 9.68. The predicted octanol–water partition coefficient (Wildman–Crippen LogP) is 4.76. The van der Waals surface area contributed by atoms with Crippen molar-refractivity contribution in [3.05, 3.63) is 59.8 Å². The molecule has 4 nitrogen and oxygen atoms in total. The van der Waals surface area contributed by atoms with E-state index in [2.05, 4.69) is 76.7 Å². The predicted molar refractivity (Wildman–Crippen MR) is 109 cm³/mol. The fourth-order valence-electron chi connectivity index (χ4n) is 3.85. The van der Waals surface area contributed by atoms with E-state index in [4.69, 9.17) is 0 Å². The summed E-state index contributed by atoms with van der Waals surface area (Å²) in [4.78, 5) is 2.57. The van der Waals surface area contributed by atoms with Gasteiger partial charge in [0.1, 0.15) is 0 Å². The molecule has 2 N–H and O–H groups in total. The Balaban J connectivity index is 1.37. The number of hydrogen-bond acceptors (Lipinski definition) is 3. The van der Waals surface area contributed by atoms with Crippen LogP contribution in [0.4, 0.5) is 5.69 Å². The molecule has 0 saturated carbocycles. The molecular formula is C22H28N4. The van der Waals surface area contributed by atoms with E-state index >= 15 is 0 Å². The molecule has 1 aliphatic heterocycles. The Hall–Kier alpha value is -2.33. The molecular weight excluding hydrogens is 320 g/mol. The Labute approximate surface area is 155 Å². The molecule has 136 valence electrons. The molecule has 0 bridgehead atoms. The number of rotatable bonds is 5. The second-order valence-corrected chi connectivity index (χ2v) is 7.79. The maximum atomic E-state index is 4.10. The summed E-state index contributed by atoms with van der Waals surface area (Å²) in [6.07, 6.45) is 4.36. The lowest BCUT2D eigenvalue weighted by Gasteiger charge is -2.33. The van der Waals surface area contributed by atoms with Crippen LogP contribution < -0.4 is 5.32 Å². The third-order valence-electron chi connectivity index (χ3n) is 5.37. The number of aromatic amines is 1. The standard InChI is InChI=1S/C22H28N4/c1-16(2)18-7-5-17(6-8-18)14-26-11-3-4-21(15-26)24-20-9-10-22-19(12-20)13-23-25-22/h5-10,12-13,16,21,24H,3-4,11,14-15H2,1-2H3,(H,23,25)/t21-/m1/s1. The number of nitrogens with one attached hydrogen (secondary N) is 2. The van der Waals surface area contributed by atoms with Crippen LogP contribution in [0.25, 0.3) is 10.9 Å². The molecule has 2 heterocycles. The largest absolute Gasteiger partial charge is 0.381 e. The summed E-state index contributed by atoms with van der Waals surface area (Å²) >= 11 is 0. The average Bonchev–Trinajstić information content (AvgIpc) is 3.10. The van der Waals surface area contributed by atoms with Gasteiger partial charge in [-0.25, -0.2) is 0 Å². The molecule has 1 aliphatic rings. The van der Waals surface area contributed by atoms with Crippen LogP contribution in [0.3, 0.4) is 0 Å². The highest BCUT2D eigenvalue weighted by Crippen LogP contribution is 2.22. The van der Waals surface area contributed by atoms with E-state index in [0.717, 1.165) is 24.0 Å². The smallest absolute Gasteiger partial charge is 0.0651 e. The van der Waals surface area contributed by atoms with Crippen LogP contribution in [-0.2, 0) is 6.54 Å². The van der Waals surface area contributed by atoms with Gasteiger partial charge in [-0.1, -0.05) is 38.1 Å². The topological polar surface area (TPSA) is 44.0 Å². The number of anilines is 1. The molecule has 1 fully saturated rings. The minimum Gasteiger partial charge on any atom is -0.381 e. The fraction of sp³-hybridized carbons (Fsp3) is 0.409. The summed E-state index contributed by atoms with van der Waals surface area (Å²) in [7, 11) is 0. The van der Waals surface area contributed by atoms with Crippen molar-refractivity contribution >= 4 is 16.6 Å². The Morgan fingerprint density at radius 1 is 1.19 bits per heavy atom. The van der Waals surface area contributed by atoms with E-state index in [1.807, 2.05) is 6.20 Å². The van der Waals surface area contributed by atoms with Crippen LogP contribution in [0.2, 0.25) is 0 Å². The number of hydrogen-bond donors (Lipinski definition) is 2. The zero-order valence-electron chi connectivity index (χ0n) is 15.7. The minimum atomic E-state index is 0.503. The van der Waals surface area contributed by atoms with Crippen molar-refractivity contribution in [3.8, 4) is 0 Å². The molecule has 0 unspecified atom stereocenters. The summed E-state index contributed by atoms with van der Waals surface area (Å²) in [5.41, 5.74) is 5.11. The zero-order valence-corrected chi connectivity index (χ0v) is 15.7. The zero-order chi connectivity index (χ0) is 17.9. The molecule has 0 radical (unpaired) electrons. The second kappa shape index (κ2) is 7.50. The van der Waals surface area contributed by atoms with Crippen LogP contribution in [-0.4, -0.2) is 34.2 Å². The number of benzene rings is 2. The average molecular weight is 348 g/mol. The SMILES string of the molecule is CC(C)c1ccc(CN2CCC[C@@H](Nc3ccc4[nH]ncc4c3)C2)cc1. The first-order chi connectivity index (χ1) is 12.7. The monoisotopic (exact) mass is 348 g/mol. The normalized spacial score (nSPS) is 18.5. The van der Waals surface area contributed by atoms with Crippen molar-refractivity contribution < 1.29 is 0 Å². The molecule has 1 aromatic heterocycles. The maximum Gasteiger partial charge on any atom is 0.0651 e. The van der Waals surface area contributed by atoms with Gasteiger partial charge in [0.05, 0.1) is 11.7 Å². The van der Waals surface area contributed by atoms with Crippen molar-refractivity contribution in [1.29, 1.82) is 0 Å². The lowest BCUT2D eigenvalue weighted by Crippen LogP contribution is -2.41. The second-order valence-electron chi connectivity index (χ2n) is 7.79. The van der Waals surface area contributed by atoms with Gasteiger partial charge in [0.15, 0.2) is 0 Å². The quantitative estimate of drug-likeness (QED) is 0.698. The fourth-order valence-corrected chi connectivity index (χ4v) is 3.85. The molecule has 0 spiro atoms. The molecule has 0 amide bonds. The molecule has 26 heavy (non-hydrogen) atoms. The molecule has 4 heteroatoms. The van der Waals surface area contributed by atoms with Gasteiger partial charge in [-0.2, -0.15) is 5.10 Å². The van der Waals surface area contributed by atoms with Gasteiger partial charge in [-0.05, 0) is 54.6 Å². The van der Waals surface area contributed by atoms with E-state index in [9.17, 15) is 0 Å².